The first kappa shape index (κ1) is 7.10. The number of rotatable bonds is 0. The lowest BCUT2D eigenvalue weighted by Gasteiger charge is -2.22. The Morgan fingerprint density at radius 1 is 1.64 bits per heavy atom. The smallest absolute Gasteiger partial charge is 0.104 e. The predicted octanol–water partition coefficient (Wildman–Crippen LogP) is 1.90. The molecule has 0 bridgehead atoms. The number of hydrogen-bond acceptors (Lipinski definition) is 2. The zero-order valence-electron chi connectivity index (χ0n) is 6.29. The van der Waals surface area contributed by atoms with Gasteiger partial charge in [-0.2, -0.15) is 5.10 Å². The van der Waals surface area contributed by atoms with Crippen LogP contribution in [-0.4, -0.2) is 24.3 Å². The molecule has 1 unspecified atom stereocenters. The minimum Gasteiger partial charge on any atom is -0.288 e. The van der Waals surface area contributed by atoms with Crippen LogP contribution in [0.1, 0.15) is 6.42 Å². The van der Waals surface area contributed by atoms with Crippen LogP contribution in [0.2, 0.25) is 0 Å². The summed E-state index contributed by atoms with van der Waals surface area (Å²) in [4.78, 5) is 0. The van der Waals surface area contributed by atoms with Crippen molar-refractivity contribution in [3.8, 4) is 0 Å². The van der Waals surface area contributed by atoms with Crippen LogP contribution < -0.4 is 0 Å². The van der Waals surface area contributed by atoms with E-state index in [0.29, 0.717) is 6.04 Å². The molecule has 0 radical (unpaired) electrons. The SMILES string of the molecule is CN1N=CC2=CCC=C(Br)C21. The number of hydrogen-bond donors (Lipinski definition) is 0. The number of allylic oxidation sites excluding steroid dienone is 2. The van der Waals surface area contributed by atoms with E-state index in [9.17, 15) is 0 Å². The molecule has 0 aromatic heterocycles. The van der Waals surface area contributed by atoms with Crippen molar-refractivity contribution in [1.29, 1.82) is 0 Å². The third-order valence-electron chi connectivity index (χ3n) is 2.01. The molecule has 0 saturated carbocycles. The van der Waals surface area contributed by atoms with Crippen LogP contribution in [0.4, 0.5) is 0 Å². The molecule has 1 aliphatic heterocycles. The normalized spacial score (nSPS) is 28.2. The Balaban J connectivity index is 2.34. The van der Waals surface area contributed by atoms with E-state index in [0.717, 1.165) is 6.42 Å². The maximum absolute atomic E-state index is 4.20. The van der Waals surface area contributed by atoms with E-state index in [1.165, 1.54) is 10.1 Å². The van der Waals surface area contributed by atoms with E-state index in [1.54, 1.807) is 0 Å². The van der Waals surface area contributed by atoms with E-state index in [1.807, 2.05) is 18.3 Å². The predicted molar refractivity (Wildman–Crippen MR) is 49.8 cm³/mol. The topological polar surface area (TPSA) is 15.6 Å². The largest absolute Gasteiger partial charge is 0.288 e. The van der Waals surface area contributed by atoms with Crippen molar-refractivity contribution in [3.63, 3.8) is 0 Å². The number of likely N-dealkylation sites (N-methyl/N-ethyl adjacent to an activating group) is 1. The molecule has 1 heterocycles. The molecular formula is C8H9BrN2. The number of nitrogens with zero attached hydrogens (tertiary/aromatic N) is 2. The van der Waals surface area contributed by atoms with Gasteiger partial charge in [0.05, 0.1) is 6.21 Å². The molecule has 0 N–H and O–H groups in total. The average molecular weight is 213 g/mol. The molecule has 2 aliphatic rings. The molecule has 1 aliphatic carbocycles. The zero-order valence-corrected chi connectivity index (χ0v) is 7.87. The van der Waals surface area contributed by atoms with Gasteiger partial charge in [0, 0.05) is 11.5 Å². The van der Waals surface area contributed by atoms with Crippen LogP contribution >= 0.6 is 15.9 Å². The Morgan fingerprint density at radius 3 is 3.18 bits per heavy atom. The van der Waals surface area contributed by atoms with Crippen LogP contribution in [0, 0.1) is 0 Å². The first-order chi connectivity index (χ1) is 5.29. The maximum atomic E-state index is 4.20. The van der Waals surface area contributed by atoms with E-state index in [2.05, 4.69) is 33.2 Å². The first-order valence-electron chi connectivity index (χ1n) is 3.61. The van der Waals surface area contributed by atoms with E-state index < -0.39 is 0 Å². The van der Waals surface area contributed by atoms with Crippen molar-refractivity contribution in [2.45, 2.75) is 12.5 Å². The summed E-state index contributed by atoms with van der Waals surface area (Å²) < 4.78 is 1.23. The molecule has 0 aromatic carbocycles. The van der Waals surface area contributed by atoms with Crippen LogP contribution in [0.3, 0.4) is 0 Å². The van der Waals surface area contributed by atoms with Crippen molar-refractivity contribution < 1.29 is 0 Å². The van der Waals surface area contributed by atoms with Gasteiger partial charge in [0.2, 0.25) is 0 Å². The van der Waals surface area contributed by atoms with Crippen LogP contribution in [0.15, 0.2) is 27.3 Å². The fourth-order valence-corrected chi connectivity index (χ4v) is 2.18. The summed E-state index contributed by atoms with van der Waals surface area (Å²) in [6, 6.07) is 0.351. The van der Waals surface area contributed by atoms with E-state index in [-0.39, 0.29) is 0 Å². The minimum absolute atomic E-state index is 0.351. The Bertz CT molecular complexity index is 265. The van der Waals surface area contributed by atoms with Gasteiger partial charge in [0.15, 0.2) is 0 Å². The summed E-state index contributed by atoms with van der Waals surface area (Å²) in [7, 11) is 1.99. The Hall–Kier alpha value is -0.570. The van der Waals surface area contributed by atoms with Gasteiger partial charge in [-0.3, -0.25) is 5.01 Å². The Kier molecular flexibility index (Phi) is 1.60. The fourth-order valence-electron chi connectivity index (χ4n) is 1.43. The summed E-state index contributed by atoms with van der Waals surface area (Å²) >= 11 is 3.53. The average Bonchev–Trinajstić information content (AvgIpc) is 2.34. The number of halogens is 1. The second-order valence-electron chi connectivity index (χ2n) is 2.75. The summed E-state index contributed by atoms with van der Waals surface area (Å²) in [5, 5.41) is 6.16. The second-order valence-corrected chi connectivity index (χ2v) is 3.67. The van der Waals surface area contributed by atoms with Crippen molar-refractivity contribution in [1.82, 2.24) is 5.01 Å². The number of hydrazone groups is 1. The summed E-state index contributed by atoms with van der Waals surface area (Å²) in [5.74, 6) is 0. The second kappa shape index (κ2) is 2.48. The number of fused-ring (bicyclic) bond motifs is 1. The lowest BCUT2D eigenvalue weighted by atomic mass is 10.0. The summed E-state index contributed by atoms with van der Waals surface area (Å²) in [6.07, 6.45) is 7.34. The quantitative estimate of drug-likeness (QED) is 0.600. The van der Waals surface area contributed by atoms with Gasteiger partial charge in [0.1, 0.15) is 6.04 Å². The van der Waals surface area contributed by atoms with Gasteiger partial charge >= 0.3 is 0 Å². The molecule has 0 amide bonds. The van der Waals surface area contributed by atoms with Crippen molar-refractivity contribution in [3.05, 3.63) is 22.2 Å². The molecule has 0 fully saturated rings. The van der Waals surface area contributed by atoms with Crippen molar-refractivity contribution >= 4 is 22.1 Å². The highest BCUT2D eigenvalue weighted by Crippen LogP contribution is 2.30. The molecule has 0 saturated heterocycles. The van der Waals surface area contributed by atoms with E-state index in [4.69, 9.17) is 0 Å². The molecule has 3 heteroatoms. The zero-order chi connectivity index (χ0) is 7.84. The molecule has 1 atom stereocenters. The standard InChI is InChI=1S/C8H9BrN2/c1-11-8-6(5-10-11)3-2-4-7(8)9/h3-5,8H,2H2,1H3. The Labute approximate surface area is 74.4 Å². The molecule has 58 valence electrons. The van der Waals surface area contributed by atoms with Crippen LogP contribution in [0.25, 0.3) is 0 Å². The Morgan fingerprint density at radius 2 is 2.45 bits per heavy atom. The van der Waals surface area contributed by atoms with Gasteiger partial charge in [-0.1, -0.05) is 28.1 Å². The van der Waals surface area contributed by atoms with Crippen molar-refractivity contribution in [2.75, 3.05) is 7.05 Å². The van der Waals surface area contributed by atoms with Crippen LogP contribution in [-0.2, 0) is 0 Å². The summed E-state index contributed by atoms with van der Waals surface area (Å²) in [6.45, 7) is 0. The molecule has 2 nitrogen and oxygen atoms in total. The summed E-state index contributed by atoms with van der Waals surface area (Å²) in [5.41, 5.74) is 1.31. The highest BCUT2D eigenvalue weighted by atomic mass is 79.9. The monoisotopic (exact) mass is 212 g/mol. The third kappa shape index (κ3) is 1.03. The van der Waals surface area contributed by atoms with E-state index >= 15 is 0 Å². The third-order valence-corrected chi connectivity index (χ3v) is 2.76. The van der Waals surface area contributed by atoms with Gasteiger partial charge in [0.25, 0.3) is 0 Å². The van der Waals surface area contributed by atoms with Gasteiger partial charge in [-0.15, -0.1) is 0 Å². The maximum Gasteiger partial charge on any atom is 0.104 e. The fraction of sp³-hybridized carbons (Fsp3) is 0.375. The highest BCUT2D eigenvalue weighted by molar-refractivity contribution is 9.11. The first-order valence-corrected chi connectivity index (χ1v) is 4.41. The molecule has 0 spiro atoms. The van der Waals surface area contributed by atoms with Gasteiger partial charge in [-0.25, -0.2) is 0 Å². The lowest BCUT2D eigenvalue weighted by molar-refractivity contribution is 0.348. The van der Waals surface area contributed by atoms with Crippen LogP contribution in [0.5, 0.6) is 0 Å². The molecular weight excluding hydrogens is 204 g/mol. The molecule has 11 heavy (non-hydrogen) atoms. The highest BCUT2D eigenvalue weighted by Gasteiger charge is 2.26. The van der Waals surface area contributed by atoms with Gasteiger partial charge < -0.3 is 0 Å². The minimum atomic E-state index is 0.351. The van der Waals surface area contributed by atoms with Gasteiger partial charge in [-0.05, 0) is 12.0 Å². The van der Waals surface area contributed by atoms with Crippen molar-refractivity contribution in [2.24, 2.45) is 5.10 Å². The molecule has 2 rings (SSSR count). The lowest BCUT2D eigenvalue weighted by Crippen LogP contribution is -2.25. The molecule has 0 aromatic rings.